The molecule has 0 aromatic heterocycles. The van der Waals surface area contributed by atoms with E-state index >= 15 is 0 Å². The van der Waals surface area contributed by atoms with E-state index in [9.17, 15) is 13.2 Å². The second kappa shape index (κ2) is 7.22. The second-order valence-electron chi connectivity index (χ2n) is 6.71. The highest BCUT2D eigenvalue weighted by atomic mass is 35.5. The fraction of sp³-hybridized carbons (Fsp3) is 0.389. The highest BCUT2D eigenvalue weighted by molar-refractivity contribution is 7.93. The van der Waals surface area contributed by atoms with Gasteiger partial charge in [-0.1, -0.05) is 35.9 Å². The monoisotopic (exact) mass is 380 g/mol. The molecule has 2 N–H and O–H groups in total. The number of carbonyl (C=O) groups is 1. The van der Waals surface area contributed by atoms with Gasteiger partial charge < -0.3 is 5.32 Å². The third kappa shape index (κ3) is 4.64. The quantitative estimate of drug-likeness (QED) is 0.767. The molecule has 2 aliphatic rings. The summed E-state index contributed by atoms with van der Waals surface area (Å²) in [6, 6.07) is 6.14. The molecule has 2 aliphatic carbocycles. The van der Waals surface area contributed by atoms with Crippen LogP contribution in [-0.4, -0.2) is 21.0 Å². The molecule has 2 amide bonds. The summed E-state index contributed by atoms with van der Waals surface area (Å²) in [5.41, 5.74) is 1.25. The molecule has 1 aromatic rings. The van der Waals surface area contributed by atoms with Crippen molar-refractivity contribution in [3.05, 3.63) is 52.4 Å². The predicted octanol–water partition coefficient (Wildman–Crippen LogP) is 3.54. The Labute approximate surface area is 153 Å². The Morgan fingerprint density at radius 1 is 1.24 bits per heavy atom. The topological polar surface area (TPSA) is 75.3 Å². The zero-order valence-electron chi connectivity index (χ0n) is 13.9. The molecule has 2 bridgehead atoms. The number of hydrogen-bond donors (Lipinski definition) is 2. The van der Waals surface area contributed by atoms with E-state index in [1.165, 1.54) is 0 Å². The van der Waals surface area contributed by atoms with Crippen LogP contribution in [0.3, 0.4) is 0 Å². The van der Waals surface area contributed by atoms with E-state index in [0.29, 0.717) is 34.9 Å². The first kappa shape index (κ1) is 18.0. The normalized spacial score (nSPS) is 25.2. The lowest BCUT2D eigenvalue weighted by Gasteiger charge is -2.18. The maximum absolute atomic E-state index is 12.1. The number of carbonyl (C=O) groups excluding carboxylic acids is 1. The number of urea groups is 1. The van der Waals surface area contributed by atoms with Crippen molar-refractivity contribution in [2.24, 2.45) is 17.8 Å². The van der Waals surface area contributed by atoms with Crippen molar-refractivity contribution in [1.29, 1.82) is 0 Å². The average molecular weight is 381 g/mol. The second-order valence-corrected chi connectivity index (χ2v) is 8.67. The van der Waals surface area contributed by atoms with Gasteiger partial charge in [0.25, 0.3) is 10.0 Å². The van der Waals surface area contributed by atoms with Gasteiger partial charge in [-0.15, -0.1) is 0 Å². The first-order valence-corrected chi connectivity index (χ1v) is 10.2. The Bertz CT molecular complexity index is 815. The minimum atomic E-state index is -3.87. The van der Waals surface area contributed by atoms with Crippen LogP contribution >= 0.6 is 11.6 Å². The summed E-state index contributed by atoms with van der Waals surface area (Å²) < 4.78 is 26.3. The maximum atomic E-state index is 12.1. The molecular weight excluding hydrogens is 360 g/mol. The molecule has 1 aromatic carbocycles. The summed E-state index contributed by atoms with van der Waals surface area (Å²) >= 11 is 5.82. The molecule has 0 aliphatic heterocycles. The lowest BCUT2D eigenvalue weighted by atomic mass is 9.94. The Morgan fingerprint density at radius 3 is 2.56 bits per heavy atom. The molecule has 3 unspecified atom stereocenters. The van der Waals surface area contributed by atoms with Gasteiger partial charge in [0, 0.05) is 11.6 Å². The number of benzene rings is 1. The fourth-order valence-corrected chi connectivity index (χ4v) is 4.68. The maximum Gasteiger partial charge on any atom is 0.328 e. The number of halogens is 1. The lowest BCUT2D eigenvalue weighted by molar-refractivity contribution is 0.243. The van der Waals surface area contributed by atoms with E-state index in [1.54, 1.807) is 31.2 Å². The third-order valence-corrected chi connectivity index (χ3v) is 6.19. The summed E-state index contributed by atoms with van der Waals surface area (Å²) in [5.74, 6) is 1.53. The zero-order chi connectivity index (χ0) is 18.0. The summed E-state index contributed by atoms with van der Waals surface area (Å²) in [6.07, 6.45) is 6.64. The Kier molecular flexibility index (Phi) is 5.20. The molecule has 3 rings (SSSR count). The molecule has 5 nitrogen and oxygen atoms in total. The van der Waals surface area contributed by atoms with Gasteiger partial charge in [0.2, 0.25) is 0 Å². The number of fused-ring (bicyclic) bond motifs is 2. The first-order valence-electron chi connectivity index (χ1n) is 8.25. The Hall–Kier alpha value is -1.79. The number of sulfonamides is 1. The molecule has 7 heteroatoms. The molecule has 134 valence electrons. The minimum absolute atomic E-state index is 0.398. The van der Waals surface area contributed by atoms with Crippen LogP contribution in [0, 0.1) is 17.8 Å². The van der Waals surface area contributed by atoms with E-state index in [0.717, 1.165) is 23.8 Å². The van der Waals surface area contributed by atoms with Crippen LogP contribution in [0.4, 0.5) is 4.79 Å². The molecule has 1 saturated carbocycles. The summed E-state index contributed by atoms with van der Waals surface area (Å²) in [4.78, 5) is 11.9. The smallest absolute Gasteiger partial charge is 0.328 e. The molecule has 25 heavy (non-hydrogen) atoms. The van der Waals surface area contributed by atoms with E-state index in [2.05, 4.69) is 17.5 Å². The van der Waals surface area contributed by atoms with Crippen molar-refractivity contribution in [3.8, 4) is 0 Å². The molecule has 0 spiro atoms. The number of allylic oxidation sites excluding steroid dienone is 3. The van der Waals surface area contributed by atoms with E-state index in [-0.39, 0.29) is 0 Å². The summed E-state index contributed by atoms with van der Waals surface area (Å²) in [7, 11) is -3.87. The van der Waals surface area contributed by atoms with Crippen LogP contribution in [-0.2, 0) is 10.0 Å². The van der Waals surface area contributed by atoms with Gasteiger partial charge in [-0.05, 0) is 60.8 Å². The van der Waals surface area contributed by atoms with Crippen LogP contribution < -0.4 is 10.0 Å². The number of rotatable bonds is 5. The van der Waals surface area contributed by atoms with Crippen LogP contribution in [0.2, 0.25) is 5.02 Å². The van der Waals surface area contributed by atoms with Crippen molar-refractivity contribution >= 4 is 33.2 Å². The van der Waals surface area contributed by atoms with Crippen LogP contribution in [0.5, 0.6) is 0 Å². The molecule has 0 radical (unpaired) electrons. The standard InChI is InChI=1S/C18H21ClN2O3S/c1-12(14-4-6-17(19)7-5-14)11-25(23,24)21-18(22)20-10-16-9-13-2-3-15(16)8-13/h2-7,11,13,15-16H,8-10H2,1H3,(H2,20,21,22). The van der Waals surface area contributed by atoms with Crippen molar-refractivity contribution in [3.63, 3.8) is 0 Å². The van der Waals surface area contributed by atoms with Crippen molar-refractivity contribution < 1.29 is 13.2 Å². The number of amides is 2. The zero-order valence-corrected chi connectivity index (χ0v) is 15.5. The Morgan fingerprint density at radius 2 is 1.96 bits per heavy atom. The van der Waals surface area contributed by atoms with Crippen LogP contribution in [0.15, 0.2) is 41.8 Å². The van der Waals surface area contributed by atoms with Gasteiger partial charge in [0.05, 0.1) is 5.41 Å². The summed E-state index contributed by atoms with van der Waals surface area (Å²) in [6.45, 7) is 2.16. The van der Waals surface area contributed by atoms with Gasteiger partial charge in [-0.25, -0.2) is 17.9 Å². The molecule has 3 atom stereocenters. The molecule has 0 saturated heterocycles. The van der Waals surface area contributed by atoms with Crippen LogP contribution in [0.1, 0.15) is 25.3 Å². The SMILES string of the molecule is CC(=CS(=O)(=O)NC(=O)NCC1CC2C=CC1C2)c1ccc(Cl)cc1. The van der Waals surface area contributed by atoms with Gasteiger partial charge in [0.15, 0.2) is 0 Å². The Balaban J connectivity index is 1.55. The number of nitrogens with one attached hydrogen (secondary N) is 2. The van der Waals surface area contributed by atoms with E-state index in [4.69, 9.17) is 11.6 Å². The van der Waals surface area contributed by atoms with Gasteiger partial charge in [0.1, 0.15) is 0 Å². The van der Waals surface area contributed by atoms with Gasteiger partial charge in [-0.3, -0.25) is 0 Å². The first-order chi connectivity index (χ1) is 11.8. The predicted molar refractivity (Wildman–Crippen MR) is 99.4 cm³/mol. The lowest BCUT2D eigenvalue weighted by Crippen LogP contribution is -2.41. The van der Waals surface area contributed by atoms with E-state index < -0.39 is 16.1 Å². The third-order valence-electron chi connectivity index (χ3n) is 4.81. The highest BCUT2D eigenvalue weighted by Crippen LogP contribution is 2.42. The minimum Gasteiger partial charge on any atom is -0.337 e. The average Bonchev–Trinajstić information content (AvgIpc) is 3.15. The van der Waals surface area contributed by atoms with E-state index in [1.807, 2.05) is 4.72 Å². The van der Waals surface area contributed by atoms with Gasteiger partial charge >= 0.3 is 6.03 Å². The van der Waals surface area contributed by atoms with Crippen molar-refractivity contribution in [1.82, 2.24) is 10.0 Å². The highest BCUT2D eigenvalue weighted by Gasteiger charge is 2.35. The number of hydrogen-bond acceptors (Lipinski definition) is 3. The largest absolute Gasteiger partial charge is 0.337 e. The van der Waals surface area contributed by atoms with Crippen molar-refractivity contribution in [2.75, 3.05) is 6.54 Å². The summed E-state index contributed by atoms with van der Waals surface area (Å²) in [5, 5.41) is 4.30. The molecular formula is C18H21ClN2O3S. The fourth-order valence-electron chi connectivity index (χ4n) is 3.56. The molecule has 1 fully saturated rings. The van der Waals surface area contributed by atoms with Crippen LogP contribution in [0.25, 0.3) is 5.57 Å². The molecule has 0 heterocycles. The van der Waals surface area contributed by atoms with Crippen molar-refractivity contribution in [2.45, 2.75) is 19.8 Å². The van der Waals surface area contributed by atoms with Gasteiger partial charge in [-0.2, -0.15) is 0 Å².